The third-order valence-electron chi connectivity index (χ3n) is 4.03. The van der Waals surface area contributed by atoms with Gasteiger partial charge in [0, 0.05) is 18.5 Å². The summed E-state index contributed by atoms with van der Waals surface area (Å²) < 4.78 is 0. The molecule has 4 nitrogen and oxygen atoms in total. The molecule has 2 N–H and O–H groups in total. The van der Waals surface area contributed by atoms with Gasteiger partial charge < -0.3 is 10.2 Å². The van der Waals surface area contributed by atoms with E-state index in [1.807, 2.05) is 4.90 Å². The number of hydrogen-bond acceptors (Lipinski definition) is 3. The van der Waals surface area contributed by atoms with Crippen molar-refractivity contribution in [1.29, 1.82) is 0 Å². The maximum atomic E-state index is 10.6. The van der Waals surface area contributed by atoms with Gasteiger partial charge in [-0.25, -0.2) is 0 Å². The van der Waals surface area contributed by atoms with Gasteiger partial charge in [0.15, 0.2) is 0 Å². The number of carboxylic acid groups (broad SMARTS) is 1. The Labute approximate surface area is 89.9 Å². The van der Waals surface area contributed by atoms with Gasteiger partial charge in [0.2, 0.25) is 0 Å². The molecule has 0 radical (unpaired) electrons. The lowest BCUT2D eigenvalue weighted by molar-refractivity contribution is -0.138. The zero-order chi connectivity index (χ0) is 10.9. The van der Waals surface area contributed by atoms with Gasteiger partial charge in [0.1, 0.15) is 0 Å². The van der Waals surface area contributed by atoms with Crippen molar-refractivity contribution < 1.29 is 15.0 Å². The summed E-state index contributed by atoms with van der Waals surface area (Å²) >= 11 is 0. The van der Waals surface area contributed by atoms with Gasteiger partial charge >= 0.3 is 5.97 Å². The quantitative estimate of drug-likeness (QED) is 0.719. The van der Waals surface area contributed by atoms with Gasteiger partial charge in [0.25, 0.3) is 0 Å². The molecule has 0 amide bonds. The van der Waals surface area contributed by atoms with E-state index in [9.17, 15) is 9.90 Å². The van der Waals surface area contributed by atoms with E-state index in [4.69, 9.17) is 5.11 Å². The van der Waals surface area contributed by atoms with Crippen molar-refractivity contribution in [3.8, 4) is 0 Å². The van der Waals surface area contributed by atoms with Crippen LogP contribution in [-0.4, -0.2) is 47.3 Å². The Bertz CT molecular complexity index is 256. The van der Waals surface area contributed by atoms with Crippen molar-refractivity contribution in [3.63, 3.8) is 0 Å². The van der Waals surface area contributed by atoms with E-state index in [2.05, 4.69) is 0 Å². The van der Waals surface area contributed by atoms with Crippen LogP contribution in [0.2, 0.25) is 0 Å². The lowest BCUT2D eigenvalue weighted by Crippen LogP contribution is -2.37. The molecule has 2 rings (SSSR count). The van der Waals surface area contributed by atoms with E-state index in [0.29, 0.717) is 5.92 Å². The SMILES string of the molecule is O=C(O)CN1C[C@H]2CCCC[C@@]2(CO)C1. The van der Waals surface area contributed by atoms with Gasteiger partial charge in [-0.3, -0.25) is 9.69 Å². The summed E-state index contributed by atoms with van der Waals surface area (Å²) in [5, 5.41) is 18.3. The second kappa shape index (κ2) is 4.10. The normalized spacial score (nSPS) is 36.5. The summed E-state index contributed by atoms with van der Waals surface area (Å²) in [5.74, 6) is -0.252. The molecule has 0 aromatic carbocycles. The van der Waals surface area contributed by atoms with Crippen LogP contribution >= 0.6 is 0 Å². The predicted molar refractivity (Wildman–Crippen MR) is 55.6 cm³/mol. The van der Waals surface area contributed by atoms with Crippen LogP contribution in [0.3, 0.4) is 0 Å². The molecule has 1 saturated carbocycles. The number of likely N-dealkylation sites (tertiary alicyclic amines) is 1. The minimum Gasteiger partial charge on any atom is -0.480 e. The van der Waals surface area contributed by atoms with Crippen molar-refractivity contribution in [2.24, 2.45) is 11.3 Å². The number of fused-ring (bicyclic) bond motifs is 1. The first-order valence-corrected chi connectivity index (χ1v) is 5.71. The molecule has 0 aromatic heterocycles. The average molecular weight is 213 g/mol. The maximum absolute atomic E-state index is 10.6. The summed E-state index contributed by atoms with van der Waals surface area (Å²) in [6.45, 7) is 1.96. The first-order chi connectivity index (χ1) is 7.16. The summed E-state index contributed by atoms with van der Waals surface area (Å²) in [4.78, 5) is 12.6. The number of hydrogen-bond donors (Lipinski definition) is 2. The van der Waals surface area contributed by atoms with Gasteiger partial charge in [-0.1, -0.05) is 12.8 Å². The smallest absolute Gasteiger partial charge is 0.317 e. The van der Waals surface area contributed by atoms with E-state index >= 15 is 0 Å². The monoisotopic (exact) mass is 213 g/mol. The molecular formula is C11H19NO3. The minimum absolute atomic E-state index is 0.00764. The molecule has 4 heteroatoms. The van der Waals surface area contributed by atoms with Gasteiger partial charge in [-0.2, -0.15) is 0 Å². The van der Waals surface area contributed by atoms with E-state index in [0.717, 1.165) is 25.9 Å². The molecule has 1 aliphatic carbocycles. The van der Waals surface area contributed by atoms with Crippen molar-refractivity contribution in [2.75, 3.05) is 26.2 Å². The minimum atomic E-state index is -0.762. The summed E-state index contributed by atoms with van der Waals surface area (Å²) in [6, 6.07) is 0. The number of carboxylic acids is 1. The number of nitrogens with zero attached hydrogens (tertiary/aromatic N) is 1. The summed E-state index contributed by atoms with van der Waals surface area (Å²) in [7, 11) is 0. The Morgan fingerprint density at radius 3 is 2.87 bits per heavy atom. The molecule has 0 bridgehead atoms. The van der Waals surface area contributed by atoms with Crippen LogP contribution in [0, 0.1) is 11.3 Å². The molecule has 0 aromatic rings. The number of aliphatic hydroxyl groups is 1. The average Bonchev–Trinajstić information content (AvgIpc) is 2.55. The van der Waals surface area contributed by atoms with Crippen molar-refractivity contribution in [1.82, 2.24) is 4.90 Å². The lowest BCUT2D eigenvalue weighted by Gasteiger charge is -2.36. The molecule has 0 unspecified atom stereocenters. The fraction of sp³-hybridized carbons (Fsp3) is 0.909. The van der Waals surface area contributed by atoms with Crippen LogP contribution in [0.5, 0.6) is 0 Å². The highest BCUT2D eigenvalue weighted by atomic mass is 16.4. The second-order valence-electron chi connectivity index (χ2n) is 5.03. The molecule has 1 saturated heterocycles. The zero-order valence-corrected chi connectivity index (χ0v) is 8.98. The third-order valence-corrected chi connectivity index (χ3v) is 4.03. The molecular weight excluding hydrogens is 194 g/mol. The molecule has 15 heavy (non-hydrogen) atoms. The second-order valence-corrected chi connectivity index (χ2v) is 5.03. The van der Waals surface area contributed by atoms with Crippen LogP contribution < -0.4 is 0 Å². The summed E-state index contributed by atoms with van der Waals surface area (Å²) in [6.07, 6.45) is 4.62. The molecule has 1 heterocycles. The number of aliphatic carboxylic acids is 1. The van der Waals surface area contributed by atoms with Gasteiger partial charge in [-0.15, -0.1) is 0 Å². The zero-order valence-electron chi connectivity index (χ0n) is 8.98. The molecule has 86 valence electrons. The Morgan fingerprint density at radius 1 is 1.47 bits per heavy atom. The van der Waals surface area contributed by atoms with E-state index in [1.165, 1.54) is 12.8 Å². The first-order valence-electron chi connectivity index (χ1n) is 5.71. The Kier molecular flexibility index (Phi) is 2.98. The topological polar surface area (TPSA) is 60.8 Å². The van der Waals surface area contributed by atoms with Crippen LogP contribution in [0.4, 0.5) is 0 Å². The van der Waals surface area contributed by atoms with Crippen LogP contribution in [0.1, 0.15) is 25.7 Å². The van der Waals surface area contributed by atoms with E-state index < -0.39 is 5.97 Å². The van der Waals surface area contributed by atoms with Crippen molar-refractivity contribution in [2.45, 2.75) is 25.7 Å². The molecule has 2 aliphatic rings. The Balaban J connectivity index is 2.04. The van der Waals surface area contributed by atoms with Crippen LogP contribution in [0.25, 0.3) is 0 Å². The Morgan fingerprint density at radius 2 is 2.27 bits per heavy atom. The molecule has 2 atom stereocenters. The fourth-order valence-corrected chi connectivity index (χ4v) is 3.26. The first kappa shape index (κ1) is 10.9. The largest absolute Gasteiger partial charge is 0.480 e. The van der Waals surface area contributed by atoms with Gasteiger partial charge in [-0.05, 0) is 18.8 Å². The van der Waals surface area contributed by atoms with Gasteiger partial charge in [0.05, 0.1) is 13.2 Å². The number of aliphatic hydroxyl groups excluding tert-OH is 1. The lowest BCUT2D eigenvalue weighted by atomic mass is 9.69. The predicted octanol–water partition coefficient (Wildman–Crippen LogP) is 0.555. The number of carbonyl (C=O) groups is 1. The molecule has 1 aliphatic heterocycles. The standard InChI is InChI=1S/C11H19NO3/c13-8-11-4-2-1-3-9(11)5-12(7-11)6-10(14)15/h9,13H,1-8H2,(H,14,15)/t9-,11+/m1/s1. The Hall–Kier alpha value is -0.610. The summed E-state index contributed by atoms with van der Waals surface area (Å²) in [5.41, 5.74) is 0.00764. The highest BCUT2D eigenvalue weighted by Gasteiger charge is 2.47. The highest BCUT2D eigenvalue weighted by Crippen LogP contribution is 2.46. The van der Waals surface area contributed by atoms with E-state index in [-0.39, 0.29) is 18.6 Å². The third kappa shape index (κ3) is 2.01. The highest BCUT2D eigenvalue weighted by molar-refractivity contribution is 5.69. The number of rotatable bonds is 3. The molecule has 2 fully saturated rings. The molecule has 0 spiro atoms. The van der Waals surface area contributed by atoms with Crippen molar-refractivity contribution >= 4 is 5.97 Å². The van der Waals surface area contributed by atoms with Crippen molar-refractivity contribution in [3.05, 3.63) is 0 Å². The fourth-order valence-electron chi connectivity index (χ4n) is 3.26. The van der Waals surface area contributed by atoms with Crippen LogP contribution in [0.15, 0.2) is 0 Å². The van der Waals surface area contributed by atoms with E-state index in [1.54, 1.807) is 0 Å². The van der Waals surface area contributed by atoms with Crippen LogP contribution in [-0.2, 0) is 4.79 Å². The maximum Gasteiger partial charge on any atom is 0.317 e.